The van der Waals surface area contributed by atoms with E-state index in [0.717, 1.165) is 37.2 Å². The van der Waals surface area contributed by atoms with E-state index < -0.39 is 0 Å². The van der Waals surface area contributed by atoms with Gasteiger partial charge in [-0.05, 0) is 25.5 Å². The number of carbonyl (C=O) groups is 1. The van der Waals surface area contributed by atoms with Crippen LogP contribution in [0.1, 0.15) is 18.4 Å². The number of piperidine rings is 1. The molecule has 20 heavy (non-hydrogen) atoms. The molecule has 0 saturated carbocycles. The van der Waals surface area contributed by atoms with E-state index in [1.54, 1.807) is 7.11 Å². The van der Waals surface area contributed by atoms with Gasteiger partial charge in [0.15, 0.2) is 0 Å². The lowest BCUT2D eigenvalue weighted by molar-refractivity contribution is 0.123. The summed E-state index contributed by atoms with van der Waals surface area (Å²) in [6.45, 7) is 2.82. The van der Waals surface area contributed by atoms with E-state index in [9.17, 15) is 4.79 Å². The van der Waals surface area contributed by atoms with Crippen LogP contribution in [0, 0.1) is 0 Å². The second-order valence-electron chi connectivity index (χ2n) is 5.46. The summed E-state index contributed by atoms with van der Waals surface area (Å²) in [5, 5.41) is 3.38. The highest BCUT2D eigenvalue weighted by Gasteiger charge is 2.47. The molecule has 1 unspecified atom stereocenters. The molecule has 0 aromatic heterocycles. The van der Waals surface area contributed by atoms with Gasteiger partial charge in [0.25, 0.3) is 0 Å². The smallest absolute Gasteiger partial charge is 0.410 e. The van der Waals surface area contributed by atoms with Gasteiger partial charge in [-0.2, -0.15) is 0 Å². The number of rotatable bonds is 3. The van der Waals surface area contributed by atoms with Gasteiger partial charge >= 0.3 is 6.09 Å². The summed E-state index contributed by atoms with van der Waals surface area (Å²) in [6, 6.07) is 7.81. The van der Waals surface area contributed by atoms with Crippen LogP contribution in [-0.4, -0.2) is 43.3 Å². The standard InChI is InChI=1S/C15H20N2O3/c1-19-13-6-3-2-5-12(13)9-17-14(18)20-11-15(17)7-4-8-16-10-15/h2-3,5-6,16H,4,7-11H2,1H3. The number of benzene rings is 1. The van der Waals surface area contributed by atoms with E-state index in [1.807, 2.05) is 29.2 Å². The highest BCUT2D eigenvalue weighted by Crippen LogP contribution is 2.33. The molecule has 1 amide bonds. The van der Waals surface area contributed by atoms with Crippen molar-refractivity contribution in [1.82, 2.24) is 10.2 Å². The highest BCUT2D eigenvalue weighted by molar-refractivity contribution is 5.71. The number of para-hydroxylation sites is 1. The molecule has 1 N–H and O–H groups in total. The van der Waals surface area contributed by atoms with Gasteiger partial charge in [0, 0.05) is 12.1 Å². The van der Waals surface area contributed by atoms with Gasteiger partial charge in [-0.3, -0.25) is 4.90 Å². The maximum absolute atomic E-state index is 12.1. The van der Waals surface area contributed by atoms with Crippen molar-refractivity contribution in [3.8, 4) is 5.75 Å². The van der Waals surface area contributed by atoms with Gasteiger partial charge in [-0.25, -0.2) is 4.79 Å². The molecule has 2 aliphatic rings. The Balaban J connectivity index is 1.85. The lowest BCUT2D eigenvalue weighted by Gasteiger charge is -2.39. The largest absolute Gasteiger partial charge is 0.496 e. The number of carbonyl (C=O) groups excluding carboxylic acids is 1. The minimum absolute atomic E-state index is 0.198. The van der Waals surface area contributed by atoms with Crippen LogP contribution in [0.15, 0.2) is 24.3 Å². The molecular weight excluding hydrogens is 256 g/mol. The number of hydrogen-bond acceptors (Lipinski definition) is 4. The molecule has 0 radical (unpaired) electrons. The van der Waals surface area contributed by atoms with Crippen molar-refractivity contribution in [1.29, 1.82) is 0 Å². The number of ether oxygens (including phenoxy) is 2. The summed E-state index contributed by atoms with van der Waals surface area (Å²) in [4.78, 5) is 13.9. The summed E-state index contributed by atoms with van der Waals surface area (Å²) < 4.78 is 10.7. The predicted molar refractivity (Wildman–Crippen MR) is 74.7 cm³/mol. The second kappa shape index (κ2) is 5.32. The number of amides is 1. The molecule has 2 saturated heterocycles. The number of cyclic esters (lactones) is 1. The van der Waals surface area contributed by atoms with Crippen LogP contribution in [0.5, 0.6) is 5.75 Å². The fourth-order valence-corrected chi connectivity index (χ4v) is 3.09. The Morgan fingerprint density at radius 1 is 1.45 bits per heavy atom. The van der Waals surface area contributed by atoms with Crippen LogP contribution in [0.4, 0.5) is 4.79 Å². The summed E-state index contributed by atoms with van der Waals surface area (Å²) >= 11 is 0. The topological polar surface area (TPSA) is 50.8 Å². The lowest BCUT2D eigenvalue weighted by Crippen LogP contribution is -2.56. The number of methoxy groups -OCH3 is 1. The molecule has 1 aromatic rings. The van der Waals surface area contributed by atoms with Crippen LogP contribution < -0.4 is 10.1 Å². The fraction of sp³-hybridized carbons (Fsp3) is 0.533. The zero-order valence-electron chi connectivity index (χ0n) is 11.7. The van der Waals surface area contributed by atoms with E-state index in [-0.39, 0.29) is 11.6 Å². The Morgan fingerprint density at radius 2 is 2.30 bits per heavy atom. The van der Waals surface area contributed by atoms with Crippen molar-refractivity contribution >= 4 is 6.09 Å². The molecule has 2 fully saturated rings. The fourth-order valence-electron chi connectivity index (χ4n) is 3.09. The zero-order valence-corrected chi connectivity index (χ0v) is 11.7. The average molecular weight is 276 g/mol. The Labute approximate surface area is 118 Å². The van der Waals surface area contributed by atoms with Crippen LogP contribution >= 0.6 is 0 Å². The number of nitrogens with zero attached hydrogens (tertiary/aromatic N) is 1. The molecule has 108 valence electrons. The maximum Gasteiger partial charge on any atom is 0.410 e. The first kappa shape index (κ1) is 13.2. The monoisotopic (exact) mass is 276 g/mol. The normalized spacial score (nSPS) is 25.9. The Kier molecular flexibility index (Phi) is 3.53. The second-order valence-corrected chi connectivity index (χ2v) is 5.46. The third-order valence-corrected chi connectivity index (χ3v) is 4.23. The van der Waals surface area contributed by atoms with Crippen molar-refractivity contribution in [2.75, 3.05) is 26.8 Å². The van der Waals surface area contributed by atoms with Crippen LogP contribution in [0.3, 0.4) is 0 Å². The van der Waals surface area contributed by atoms with Crippen molar-refractivity contribution in [2.45, 2.75) is 24.9 Å². The number of hydrogen-bond donors (Lipinski definition) is 1. The van der Waals surface area contributed by atoms with Crippen molar-refractivity contribution in [3.63, 3.8) is 0 Å². The Morgan fingerprint density at radius 3 is 3.05 bits per heavy atom. The molecule has 5 nitrogen and oxygen atoms in total. The lowest BCUT2D eigenvalue weighted by atomic mass is 9.89. The Bertz CT molecular complexity index is 498. The van der Waals surface area contributed by atoms with Crippen molar-refractivity contribution in [3.05, 3.63) is 29.8 Å². The van der Waals surface area contributed by atoms with E-state index >= 15 is 0 Å². The summed E-state index contributed by atoms with van der Waals surface area (Å²) in [5.41, 5.74) is 0.815. The number of nitrogens with one attached hydrogen (secondary N) is 1. The van der Waals surface area contributed by atoms with Gasteiger partial charge < -0.3 is 14.8 Å². The zero-order chi connectivity index (χ0) is 14.0. The molecule has 2 heterocycles. The van der Waals surface area contributed by atoms with Crippen LogP contribution in [0.25, 0.3) is 0 Å². The van der Waals surface area contributed by atoms with E-state index in [0.29, 0.717) is 13.2 Å². The van der Waals surface area contributed by atoms with Gasteiger partial charge in [0.05, 0.1) is 19.2 Å². The molecular formula is C15H20N2O3. The van der Waals surface area contributed by atoms with E-state index in [4.69, 9.17) is 9.47 Å². The minimum Gasteiger partial charge on any atom is -0.496 e. The third kappa shape index (κ3) is 2.22. The highest BCUT2D eigenvalue weighted by atomic mass is 16.6. The predicted octanol–water partition coefficient (Wildman–Crippen LogP) is 1.77. The first-order chi connectivity index (χ1) is 9.75. The van der Waals surface area contributed by atoms with Gasteiger partial charge in [-0.1, -0.05) is 18.2 Å². The van der Waals surface area contributed by atoms with Crippen LogP contribution in [-0.2, 0) is 11.3 Å². The van der Waals surface area contributed by atoms with Gasteiger partial charge in [-0.15, -0.1) is 0 Å². The molecule has 0 aliphatic carbocycles. The van der Waals surface area contributed by atoms with Gasteiger partial charge in [0.1, 0.15) is 12.4 Å². The molecule has 3 rings (SSSR count). The summed E-state index contributed by atoms with van der Waals surface area (Å²) in [6.07, 6.45) is 1.83. The summed E-state index contributed by atoms with van der Waals surface area (Å²) in [7, 11) is 1.65. The van der Waals surface area contributed by atoms with E-state index in [2.05, 4.69) is 5.32 Å². The third-order valence-electron chi connectivity index (χ3n) is 4.23. The van der Waals surface area contributed by atoms with Crippen molar-refractivity contribution < 1.29 is 14.3 Å². The summed E-state index contributed by atoms with van der Waals surface area (Å²) in [5.74, 6) is 0.811. The maximum atomic E-state index is 12.1. The average Bonchev–Trinajstić information content (AvgIpc) is 2.78. The molecule has 1 atom stereocenters. The first-order valence-corrected chi connectivity index (χ1v) is 7.02. The first-order valence-electron chi connectivity index (χ1n) is 7.02. The molecule has 5 heteroatoms. The Hall–Kier alpha value is -1.75. The molecule has 1 aromatic carbocycles. The quantitative estimate of drug-likeness (QED) is 0.914. The molecule has 0 bridgehead atoms. The molecule has 2 aliphatic heterocycles. The SMILES string of the molecule is COc1ccccc1CN1C(=O)OCC12CCCNC2. The molecule has 1 spiro atoms. The minimum atomic E-state index is -0.223. The van der Waals surface area contributed by atoms with Gasteiger partial charge in [0.2, 0.25) is 0 Å². The van der Waals surface area contributed by atoms with Crippen LogP contribution in [0.2, 0.25) is 0 Å². The van der Waals surface area contributed by atoms with Crippen molar-refractivity contribution in [2.24, 2.45) is 0 Å². The van der Waals surface area contributed by atoms with E-state index in [1.165, 1.54) is 0 Å².